The summed E-state index contributed by atoms with van der Waals surface area (Å²) in [5, 5.41) is 0. The highest BCUT2D eigenvalue weighted by Gasteiger charge is 2.38. The maximum absolute atomic E-state index is 4.20. The van der Waals surface area contributed by atoms with Crippen LogP contribution in [-0.2, 0) is 5.41 Å². The number of rotatable bonds is 4. The predicted octanol–water partition coefficient (Wildman–Crippen LogP) is 3.65. The van der Waals surface area contributed by atoms with E-state index in [-0.39, 0.29) is 0 Å². The lowest BCUT2D eigenvalue weighted by atomic mass is 9.66. The second-order valence-electron chi connectivity index (χ2n) is 5.69. The van der Waals surface area contributed by atoms with Crippen molar-refractivity contribution in [1.82, 2.24) is 19.9 Å². The Bertz CT molecular complexity index is 763. The fraction of sp³-hybridized carbons (Fsp3) is 0.0476. The molecule has 25 heavy (non-hydrogen) atoms. The van der Waals surface area contributed by atoms with E-state index < -0.39 is 5.41 Å². The molecule has 0 bridgehead atoms. The summed E-state index contributed by atoms with van der Waals surface area (Å²) in [6.07, 6.45) is 14.6. The van der Waals surface area contributed by atoms with E-state index in [1.54, 1.807) is 0 Å². The van der Waals surface area contributed by atoms with Gasteiger partial charge in [0.2, 0.25) is 0 Å². The van der Waals surface area contributed by atoms with Gasteiger partial charge >= 0.3 is 0 Å². The first kappa shape index (κ1) is 15.1. The molecule has 0 aliphatic heterocycles. The normalized spacial score (nSPS) is 11.2. The zero-order valence-corrected chi connectivity index (χ0v) is 13.5. The summed E-state index contributed by atoms with van der Waals surface area (Å²) in [6.45, 7) is 0. The van der Waals surface area contributed by atoms with Crippen molar-refractivity contribution in [2.75, 3.05) is 0 Å². The van der Waals surface area contributed by atoms with Gasteiger partial charge in [-0.2, -0.15) is 0 Å². The van der Waals surface area contributed by atoms with E-state index in [4.69, 9.17) is 0 Å². The zero-order valence-electron chi connectivity index (χ0n) is 13.5. The minimum atomic E-state index is -0.488. The summed E-state index contributed by atoms with van der Waals surface area (Å²) in [6, 6.07) is 16.5. The number of pyridine rings is 4. The molecule has 120 valence electrons. The van der Waals surface area contributed by atoms with E-state index in [0.717, 1.165) is 22.3 Å². The van der Waals surface area contributed by atoms with Crippen LogP contribution in [0.25, 0.3) is 0 Å². The van der Waals surface area contributed by atoms with Crippen LogP contribution in [0.2, 0.25) is 0 Å². The van der Waals surface area contributed by atoms with Gasteiger partial charge < -0.3 is 0 Å². The lowest BCUT2D eigenvalue weighted by molar-refractivity contribution is 0.737. The molecular weight excluding hydrogens is 308 g/mol. The second-order valence-corrected chi connectivity index (χ2v) is 5.69. The highest BCUT2D eigenvalue weighted by Crippen LogP contribution is 2.44. The van der Waals surface area contributed by atoms with Crippen molar-refractivity contribution in [2.45, 2.75) is 5.41 Å². The van der Waals surface area contributed by atoms with Gasteiger partial charge in [0.25, 0.3) is 0 Å². The quantitative estimate of drug-likeness (QED) is 0.575. The summed E-state index contributed by atoms with van der Waals surface area (Å²) in [5.41, 5.74) is 4.03. The molecule has 0 atom stereocenters. The standard InChI is InChI=1S/C21H16N4/c1-9-22-10-2-17(1)21(18-3-11-23-12-4-18,19-5-13-24-14-6-19)20-7-15-25-16-8-20/h1-16H. The second kappa shape index (κ2) is 6.61. The molecule has 0 spiro atoms. The van der Waals surface area contributed by atoms with Crippen molar-refractivity contribution >= 4 is 0 Å². The van der Waals surface area contributed by atoms with E-state index in [0.29, 0.717) is 0 Å². The van der Waals surface area contributed by atoms with Gasteiger partial charge in [0, 0.05) is 49.6 Å². The average Bonchev–Trinajstić information content (AvgIpc) is 2.72. The zero-order chi connectivity index (χ0) is 17.0. The Morgan fingerprint density at radius 2 is 0.560 bits per heavy atom. The lowest BCUT2D eigenvalue weighted by Crippen LogP contribution is -2.31. The van der Waals surface area contributed by atoms with E-state index in [2.05, 4.69) is 68.5 Å². The first-order valence-electron chi connectivity index (χ1n) is 8.04. The number of hydrogen-bond donors (Lipinski definition) is 0. The molecule has 0 radical (unpaired) electrons. The van der Waals surface area contributed by atoms with Crippen LogP contribution in [0.5, 0.6) is 0 Å². The smallest absolute Gasteiger partial charge is 0.0705 e. The molecule has 0 amide bonds. The van der Waals surface area contributed by atoms with E-state index in [1.165, 1.54) is 0 Å². The largest absolute Gasteiger partial charge is 0.265 e. The average molecular weight is 324 g/mol. The van der Waals surface area contributed by atoms with Crippen LogP contribution in [0.15, 0.2) is 98.1 Å². The molecule has 0 aliphatic carbocycles. The minimum absolute atomic E-state index is 0.488. The van der Waals surface area contributed by atoms with Crippen LogP contribution in [0.3, 0.4) is 0 Å². The molecule has 4 rings (SSSR count). The summed E-state index contributed by atoms with van der Waals surface area (Å²) in [4.78, 5) is 16.8. The summed E-state index contributed by atoms with van der Waals surface area (Å²) >= 11 is 0. The molecule has 4 heterocycles. The van der Waals surface area contributed by atoms with E-state index in [1.807, 2.05) is 49.6 Å². The van der Waals surface area contributed by atoms with Crippen molar-refractivity contribution in [1.29, 1.82) is 0 Å². The maximum Gasteiger partial charge on any atom is 0.0705 e. The van der Waals surface area contributed by atoms with E-state index in [9.17, 15) is 0 Å². The van der Waals surface area contributed by atoms with Crippen molar-refractivity contribution in [3.8, 4) is 0 Å². The maximum atomic E-state index is 4.20. The third-order valence-electron chi connectivity index (χ3n) is 4.45. The van der Waals surface area contributed by atoms with E-state index >= 15 is 0 Å². The Morgan fingerprint density at radius 3 is 0.760 bits per heavy atom. The third-order valence-corrected chi connectivity index (χ3v) is 4.45. The molecule has 4 aromatic rings. The van der Waals surface area contributed by atoms with Crippen LogP contribution >= 0.6 is 0 Å². The Hall–Kier alpha value is -3.40. The van der Waals surface area contributed by atoms with Gasteiger partial charge in [0.15, 0.2) is 0 Å². The van der Waals surface area contributed by atoms with Gasteiger partial charge in [0.1, 0.15) is 0 Å². The van der Waals surface area contributed by atoms with Gasteiger partial charge in [0.05, 0.1) is 5.41 Å². The van der Waals surface area contributed by atoms with Crippen molar-refractivity contribution in [3.05, 3.63) is 120 Å². The molecule has 0 saturated carbocycles. The molecule has 4 nitrogen and oxygen atoms in total. The third kappa shape index (κ3) is 2.58. The SMILES string of the molecule is c1cc(C(c2ccncc2)(c2ccncc2)c2ccncc2)ccn1. The highest BCUT2D eigenvalue weighted by atomic mass is 14.6. The molecule has 0 aromatic carbocycles. The lowest BCUT2D eigenvalue weighted by Gasteiger charge is -2.36. The van der Waals surface area contributed by atoms with Crippen LogP contribution in [0, 0.1) is 0 Å². The Balaban J connectivity index is 2.13. The van der Waals surface area contributed by atoms with Gasteiger partial charge in [-0.1, -0.05) is 0 Å². The Morgan fingerprint density at radius 1 is 0.360 bits per heavy atom. The Kier molecular flexibility index (Phi) is 4.01. The fourth-order valence-electron chi connectivity index (χ4n) is 3.41. The molecule has 4 aromatic heterocycles. The number of hydrogen-bond acceptors (Lipinski definition) is 4. The number of nitrogens with zero attached hydrogens (tertiary/aromatic N) is 4. The number of aromatic nitrogens is 4. The molecule has 0 aliphatic rings. The topological polar surface area (TPSA) is 51.6 Å². The Labute approximate surface area is 146 Å². The van der Waals surface area contributed by atoms with Crippen LogP contribution in [-0.4, -0.2) is 19.9 Å². The molecular formula is C21H16N4. The van der Waals surface area contributed by atoms with Gasteiger partial charge in [-0.05, 0) is 70.8 Å². The van der Waals surface area contributed by atoms with Gasteiger partial charge in [-0.25, -0.2) is 0 Å². The first-order chi connectivity index (χ1) is 12.4. The van der Waals surface area contributed by atoms with Crippen molar-refractivity contribution in [2.24, 2.45) is 0 Å². The van der Waals surface area contributed by atoms with Gasteiger partial charge in [-0.15, -0.1) is 0 Å². The van der Waals surface area contributed by atoms with Crippen molar-refractivity contribution in [3.63, 3.8) is 0 Å². The van der Waals surface area contributed by atoms with Gasteiger partial charge in [-0.3, -0.25) is 19.9 Å². The van der Waals surface area contributed by atoms with Crippen LogP contribution in [0.4, 0.5) is 0 Å². The van der Waals surface area contributed by atoms with Crippen LogP contribution < -0.4 is 0 Å². The first-order valence-corrected chi connectivity index (χ1v) is 8.04. The molecule has 4 heteroatoms. The summed E-state index contributed by atoms with van der Waals surface area (Å²) in [7, 11) is 0. The predicted molar refractivity (Wildman–Crippen MR) is 95.9 cm³/mol. The monoisotopic (exact) mass is 324 g/mol. The van der Waals surface area contributed by atoms with Crippen molar-refractivity contribution < 1.29 is 0 Å². The fourth-order valence-corrected chi connectivity index (χ4v) is 3.41. The molecule has 0 N–H and O–H groups in total. The summed E-state index contributed by atoms with van der Waals surface area (Å²) in [5.74, 6) is 0. The molecule has 0 fully saturated rings. The van der Waals surface area contributed by atoms with Crippen LogP contribution in [0.1, 0.15) is 22.3 Å². The molecule has 0 unspecified atom stereocenters. The molecule has 0 saturated heterocycles. The highest BCUT2D eigenvalue weighted by molar-refractivity contribution is 5.58. The summed E-state index contributed by atoms with van der Waals surface area (Å²) < 4.78 is 0. The minimum Gasteiger partial charge on any atom is -0.265 e.